The van der Waals surface area contributed by atoms with Crippen LogP contribution in [0, 0.1) is 5.92 Å². The van der Waals surface area contributed by atoms with Crippen molar-refractivity contribution in [1.82, 2.24) is 9.88 Å². The van der Waals surface area contributed by atoms with E-state index in [4.69, 9.17) is 9.47 Å². The smallest absolute Gasteiger partial charge is 0.225 e. The Bertz CT molecular complexity index is 988. The van der Waals surface area contributed by atoms with Gasteiger partial charge in [-0.3, -0.25) is 9.78 Å². The first kappa shape index (κ1) is 20.9. The fourth-order valence-corrected chi connectivity index (χ4v) is 3.54. The fraction of sp³-hybridized carbons (Fsp3) is 0.308. The molecule has 0 unspecified atom stereocenters. The summed E-state index contributed by atoms with van der Waals surface area (Å²) in [7, 11) is 1.64. The summed E-state index contributed by atoms with van der Waals surface area (Å²) < 4.78 is 11.5. The molecule has 1 aromatic heterocycles. The Balaban J connectivity index is 1.43. The summed E-state index contributed by atoms with van der Waals surface area (Å²) in [6.45, 7) is 1.69. The molecule has 1 heterocycles. The van der Waals surface area contributed by atoms with Gasteiger partial charge in [-0.15, -0.1) is 0 Å². The van der Waals surface area contributed by atoms with E-state index in [0.29, 0.717) is 31.2 Å². The molecule has 0 aliphatic heterocycles. The summed E-state index contributed by atoms with van der Waals surface area (Å²) in [5.41, 5.74) is 3.13. The molecule has 0 bridgehead atoms. The van der Waals surface area contributed by atoms with Crippen molar-refractivity contribution in [3.05, 3.63) is 89.7 Å². The Kier molecular flexibility index (Phi) is 6.82. The third-order valence-corrected chi connectivity index (χ3v) is 5.44. The predicted octanol–water partition coefficient (Wildman–Crippen LogP) is 4.65. The van der Waals surface area contributed by atoms with Gasteiger partial charge in [0, 0.05) is 37.3 Å². The lowest BCUT2D eigenvalue weighted by Gasteiger charge is -2.23. The quantitative estimate of drug-likeness (QED) is 0.483. The van der Waals surface area contributed by atoms with Crippen molar-refractivity contribution < 1.29 is 14.3 Å². The highest BCUT2D eigenvalue weighted by molar-refractivity contribution is 5.81. The highest BCUT2D eigenvalue weighted by atomic mass is 16.5. The molecule has 1 aliphatic rings. The van der Waals surface area contributed by atoms with Crippen molar-refractivity contribution in [3.8, 4) is 11.5 Å². The first-order chi connectivity index (χ1) is 15.2. The number of carbonyl (C=O) groups is 1. The molecule has 5 heteroatoms. The van der Waals surface area contributed by atoms with E-state index in [2.05, 4.69) is 4.98 Å². The van der Waals surface area contributed by atoms with Crippen LogP contribution in [0.3, 0.4) is 0 Å². The average molecular weight is 417 g/mol. The number of benzene rings is 2. The molecule has 2 aromatic carbocycles. The van der Waals surface area contributed by atoms with Crippen molar-refractivity contribution in [3.63, 3.8) is 0 Å². The zero-order valence-electron chi connectivity index (χ0n) is 17.9. The molecule has 1 amide bonds. The van der Waals surface area contributed by atoms with Crippen molar-refractivity contribution in [2.45, 2.75) is 32.4 Å². The van der Waals surface area contributed by atoms with E-state index < -0.39 is 0 Å². The highest BCUT2D eigenvalue weighted by Gasteiger charge is 2.33. The number of rotatable bonds is 10. The largest absolute Gasteiger partial charge is 0.493 e. The second-order valence-corrected chi connectivity index (χ2v) is 7.86. The van der Waals surface area contributed by atoms with Gasteiger partial charge >= 0.3 is 0 Å². The number of nitrogens with zero attached hydrogens (tertiary/aromatic N) is 2. The standard InChI is InChI=1S/C26H28N2O3/c1-30-25-17-21(10-13-24(25)31-19-20-7-3-2-4-8-20)18-28(26(29)22-11-12-22)16-14-23-9-5-6-15-27-23/h2-10,13,15,17,22H,11-12,14,16,18-19H2,1H3. The average Bonchev–Trinajstić information content (AvgIpc) is 3.67. The summed E-state index contributed by atoms with van der Waals surface area (Å²) in [6, 6.07) is 21.8. The van der Waals surface area contributed by atoms with Gasteiger partial charge < -0.3 is 14.4 Å². The van der Waals surface area contributed by atoms with Gasteiger partial charge in [0.05, 0.1) is 7.11 Å². The van der Waals surface area contributed by atoms with Crippen molar-refractivity contribution in [2.24, 2.45) is 5.92 Å². The van der Waals surface area contributed by atoms with Crippen LogP contribution in [0.2, 0.25) is 0 Å². The number of ether oxygens (including phenoxy) is 2. The third-order valence-electron chi connectivity index (χ3n) is 5.44. The number of hydrogen-bond acceptors (Lipinski definition) is 4. The lowest BCUT2D eigenvalue weighted by atomic mass is 10.1. The van der Waals surface area contributed by atoms with E-state index in [-0.39, 0.29) is 11.8 Å². The molecule has 1 saturated carbocycles. The number of methoxy groups -OCH3 is 1. The summed E-state index contributed by atoms with van der Waals surface area (Å²) in [5, 5.41) is 0. The summed E-state index contributed by atoms with van der Waals surface area (Å²) >= 11 is 0. The number of amides is 1. The van der Waals surface area contributed by atoms with Crippen LogP contribution >= 0.6 is 0 Å². The normalized spacial score (nSPS) is 12.9. The number of aromatic nitrogens is 1. The van der Waals surface area contributed by atoms with Crippen LogP contribution in [0.4, 0.5) is 0 Å². The molecule has 1 fully saturated rings. The van der Waals surface area contributed by atoms with Crippen LogP contribution in [-0.4, -0.2) is 29.4 Å². The van der Waals surface area contributed by atoms with Crippen LogP contribution in [0.25, 0.3) is 0 Å². The Hall–Kier alpha value is -3.34. The van der Waals surface area contributed by atoms with Gasteiger partial charge in [-0.2, -0.15) is 0 Å². The van der Waals surface area contributed by atoms with E-state index in [1.54, 1.807) is 13.3 Å². The van der Waals surface area contributed by atoms with Gasteiger partial charge in [0.1, 0.15) is 6.61 Å². The molecule has 0 atom stereocenters. The van der Waals surface area contributed by atoms with Gasteiger partial charge in [0.15, 0.2) is 11.5 Å². The molecule has 0 spiro atoms. The minimum Gasteiger partial charge on any atom is -0.493 e. The first-order valence-corrected chi connectivity index (χ1v) is 10.8. The second kappa shape index (κ2) is 10.1. The molecule has 31 heavy (non-hydrogen) atoms. The number of hydrogen-bond donors (Lipinski definition) is 0. The highest BCUT2D eigenvalue weighted by Crippen LogP contribution is 2.33. The zero-order valence-corrected chi connectivity index (χ0v) is 17.9. The molecule has 4 rings (SSSR count). The monoisotopic (exact) mass is 416 g/mol. The molecule has 160 valence electrons. The molecular formula is C26H28N2O3. The van der Waals surface area contributed by atoms with Gasteiger partial charge in [-0.25, -0.2) is 0 Å². The van der Waals surface area contributed by atoms with Crippen LogP contribution in [-0.2, 0) is 24.4 Å². The molecule has 0 saturated heterocycles. The summed E-state index contributed by atoms with van der Waals surface area (Å²) in [4.78, 5) is 19.2. The predicted molar refractivity (Wildman–Crippen MR) is 120 cm³/mol. The Morgan fingerprint density at radius 1 is 1.00 bits per heavy atom. The van der Waals surface area contributed by atoms with Crippen LogP contribution in [0.5, 0.6) is 11.5 Å². The van der Waals surface area contributed by atoms with Crippen molar-refractivity contribution >= 4 is 5.91 Å². The van der Waals surface area contributed by atoms with Crippen molar-refractivity contribution in [2.75, 3.05) is 13.7 Å². The lowest BCUT2D eigenvalue weighted by Crippen LogP contribution is -2.33. The van der Waals surface area contributed by atoms with Gasteiger partial charge in [-0.05, 0) is 48.2 Å². The third kappa shape index (κ3) is 5.85. The zero-order chi connectivity index (χ0) is 21.5. The maximum Gasteiger partial charge on any atom is 0.225 e. The van der Waals surface area contributed by atoms with Crippen LogP contribution in [0.1, 0.15) is 29.7 Å². The number of carbonyl (C=O) groups excluding carboxylic acids is 1. The Morgan fingerprint density at radius 2 is 1.81 bits per heavy atom. The Morgan fingerprint density at radius 3 is 2.52 bits per heavy atom. The minimum absolute atomic E-state index is 0.180. The molecule has 3 aromatic rings. The minimum atomic E-state index is 0.180. The molecule has 1 aliphatic carbocycles. The van der Waals surface area contributed by atoms with E-state index >= 15 is 0 Å². The lowest BCUT2D eigenvalue weighted by molar-refractivity contribution is -0.133. The molecular weight excluding hydrogens is 388 g/mol. The van der Waals surface area contributed by atoms with Crippen LogP contribution in [0.15, 0.2) is 72.9 Å². The molecule has 0 radical (unpaired) electrons. The summed E-state index contributed by atoms with van der Waals surface area (Å²) in [6.07, 6.45) is 4.53. The maximum absolute atomic E-state index is 12.9. The maximum atomic E-state index is 12.9. The van der Waals surface area contributed by atoms with E-state index in [1.807, 2.05) is 71.6 Å². The second-order valence-electron chi connectivity index (χ2n) is 7.86. The molecule has 0 N–H and O–H groups in total. The SMILES string of the molecule is COc1cc(CN(CCc2ccccn2)C(=O)C2CC2)ccc1OCc1ccccc1. The van der Waals surface area contributed by atoms with E-state index in [0.717, 1.165) is 36.1 Å². The number of pyridine rings is 1. The van der Waals surface area contributed by atoms with Crippen LogP contribution < -0.4 is 9.47 Å². The van der Waals surface area contributed by atoms with E-state index in [1.165, 1.54) is 0 Å². The van der Waals surface area contributed by atoms with Gasteiger partial charge in [0.2, 0.25) is 5.91 Å². The first-order valence-electron chi connectivity index (χ1n) is 10.8. The summed E-state index contributed by atoms with van der Waals surface area (Å²) in [5.74, 6) is 1.79. The van der Waals surface area contributed by atoms with E-state index in [9.17, 15) is 4.79 Å². The topological polar surface area (TPSA) is 51.7 Å². The van der Waals surface area contributed by atoms with Gasteiger partial charge in [-0.1, -0.05) is 42.5 Å². The Labute approximate surface area is 183 Å². The van der Waals surface area contributed by atoms with Gasteiger partial charge in [0.25, 0.3) is 0 Å². The van der Waals surface area contributed by atoms with Crippen molar-refractivity contribution in [1.29, 1.82) is 0 Å². The fourth-order valence-electron chi connectivity index (χ4n) is 3.54. The molecule has 5 nitrogen and oxygen atoms in total.